The number of nitrogens with zero attached hydrogens (tertiary/aromatic N) is 4. The second-order valence-electron chi connectivity index (χ2n) is 4.23. The number of nitrogen functional groups attached to an aromatic ring is 1. The monoisotopic (exact) mass is 281 g/mol. The smallest absolute Gasteiger partial charge is 0.227 e. The van der Waals surface area contributed by atoms with Crippen LogP contribution >= 0.6 is 0 Å². The molecule has 1 aromatic heterocycles. The lowest BCUT2D eigenvalue weighted by molar-refractivity contribution is 0.387. The number of piperazine rings is 1. The number of hydrogen-bond donors (Lipinski definition) is 1. The van der Waals surface area contributed by atoms with E-state index in [0.717, 1.165) is 5.69 Å². The fourth-order valence-electron chi connectivity index (χ4n) is 2.07. The number of aromatic nitrogens is 1. The summed E-state index contributed by atoms with van der Waals surface area (Å²) in [5.41, 5.74) is 7.29. The van der Waals surface area contributed by atoms with Gasteiger partial charge in [0.2, 0.25) is 10.0 Å². The van der Waals surface area contributed by atoms with Crippen LogP contribution in [0.2, 0.25) is 0 Å². The highest BCUT2D eigenvalue weighted by molar-refractivity contribution is 7.89. The highest BCUT2D eigenvalue weighted by Gasteiger charge is 2.27. The average molecular weight is 281 g/mol. The molecule has 0 unspecified atom stereocenters. The molecule has 1 aromatic rings. The zero-order valence-corrected chi connectivity index (χ0v) is 11.2. The Balaban J connectivity index is 2.05. The van der Waals surface area contributed by atoms with Gasteiger partial charge in [0.1, 0.15) is 0 Å². The number of pyridine rings is 1. The predicted octanol–water partition coefficient (Wildman–Crippen LogP) is -0.361. The number of sulfonamides is 1. The lowest BCUT2D eigenvalue weighted by Crippen LogP contribution is -2.49. The van der Waals surface area contributed by atoms with Gasteiger partial charge in [-0.3, -0.25) is 4.98 Å². The van der Waals surface area contributed by atoms with Gasteiger partial charge in [0.25, 0.3) is 0 Å². The van der Waals surface area contributed by atoms with Crippen molar-refractivity contribution in [3.63, 3.8) is 0 Å². The molecule has 0 aromatic carbocycles. The van der Waals surface area contributed by atoms with Gasteiger partial charge in [0.15, 0.2) is 5.75 Å². The first-order chi connectivity index (χ1) is 9.04. The molecule has 0 atom stereocenters. The Hall–Kier alpha value is -1.85. The molecule has 19 heavy (non-hydrogen) atoms. The van der Waals surface area contributed by atoms with E-state index in [1.165, 1.54) is 4.31 Å². The predicted molar refractivity (Wildman–Crippen MR) is 71.8 cm³/mol. The van der Waals surface area contributed by atoms with E-state index in [1.807, 2.05) is 11.0 Å². The van der Waals surface area contributed by atoms with Crippen LogP contribution in [0.3, 0.4) is 0 Å². The molecule has 1 aliphatic rings. The first kappa shape index (κ1) is 13.6. The Labute approximate surface area is 112 Å². The molecule has 1 aliphatic heterocycles. The summed E-state index contributed by atoms with van der Waals surface area (Å²) < 4.78 is 24.8. The van der Waals surface area contributed by atoms with Crippen LogP contribution < -0.4 is 10.6 Å². The fourth-order valence-corrected chi connectivity index (χ4v) is 3.13. The summed E-state index contributed by atoms with van der Waals surface area (Å²) in [6, 6.07) is 3.50. The molecule has 0 radical (unpaired) electrons. The Morgan fingerprint density at radius 2 is 2.05 bits per heavy atom. The molecule has 2 heterocycles. The van der Waals surface area contributed by atoms with E-state index >= 15 is 0 Å². The molecule has 8 heteroatoms. The zero-order valence-electron chi connectivity index (χ0n) is 10.4. The third-order valence-electron chi connectivity index (χ3n) is 3.05. The van der Waals surface area contributed by atoms with E-state index in [4.69, 9.17) is 11.0 Å². The van der Waals surface area contributed by atoms with Gasteiger partial charge in [-0.05, 0) is 6.07 Å². The second kappa shape index (κ2) is 5.42. The number of hydrogen-bond acceptors (Lipinski definition) is 6. The average Bonchev–Trinajstić information content (AvgIpc) is 2.39. The Kier molecular flexibility index (Phi) is 3.87. The number of anilines is 2. The molecule has 0 saturated carbocycles. The molecule has 2 N–H and O–H groups in total. The standard InChI is InChI=1S/C11H15N5O2S/c12-2-8-19(17,18)16-6-4-15(5-7-16)11-1-3-14-9-10(11)13/h1,3,9H,4-8,13H2. The van der Waals surface area contributed by atoms with Crippen molar-refractivity contribution in [2.75, 3.05) is 42.6 Å². The number of nitriles is 1. The lowest BCUT2D eigenvalue weighted by Gasteiger charge is -2.35. The van der Waals surface area contributed by atoms with Gasteiger partial charge in [-0.2, -0.15) is 9.57 Å². The van der Waals surface area contributed by atoms with Crippen molar-refractivity contribution >= 4 is 21.4 Å². The van der Waals surface area contributed by atoms with Gasteiger partial charge in [-0.1, -0.05) is 0 Å². The SMILES string of the molecule is N#CCS(=O)(=O)N1CCN(c2ccncc2N)CC1. The minimum atomic E-state index is -3.45. The van der Waals surface area contributed by atoms with Gasteiger partial charge in [0, 0.05) is 32.4 Å². The summed E-state index contributed by atoms with van der Waals surface area (Å²) in [4.78, 5) is 5.95. The van der Waals surface area contributed by atoms with Gasteiger partial charge in [-0.15, -0.1) is 0 Å². The van der Waals surface area contributed by atoms with Crippen molar-refractivity contribution < 1.29 is 8.42 Å². The van der Waals surface area contributed by atoms with Crippen molar-refractivity contribution in [1.29, 1.82) is 5.26 Å². The van der Waals surface area contributed by atoms with Gasteiger partial charge >= 0.3 is 0 Å². The summed E-state index contributed by atoms with van der Waals surface area (Å²) in [7, 11) is -3.45. The van der Waals surface area contributed by atoms with E-state index < -0.39 is 15.8 Å². The van der Waals surface area contributed by atoms with E-state index in [0.29, 0.717) is 31.9 Å². The highest BCUT2D eigenvalue weighted by Crippen LogP contribution is 2.23. The highest BCUT2D eigenvalue weighted by atomic mass is 32.2. The van der Waals surface area contributed by atoms with E-state index in [2.05, 4.69) is 4.98 Å². The van der Waals surface area contributed by atoms with Gasteiger partial charge in [0.05, 0.1) is 23.6 Å². The topological polar surface area (TPSA) is 103 Å². The summed E-state index contributed by atoms with van der Waals surface area (Å²) in [5, 5.41) is 8.51. The molecule has 7 nitrogen and oxygen atoms in total. The van der Waals surface area contributed by atoms with Crippen molar-refractivity contribution in [3.8, 4) is 6.07 Å². The van der Waals surface area contributed by atoms with Gasteiger partial charge < -0.3 is 10.6 Å². The van der Waals surface area contributed by atoms with Crippen molar-refractivity contribution in [2.45, 2.75) is 0 Å². The summed E-state index contributed by atoms with van der Waals surface area (Å²) in [6.07, 6.45) is 3.23. The second-order valence-corrected chi connectivity index (χ2v) is 6.20. The van der Waals surface area contributed by atoms with Gasteiger partial charge in [-0.25, -0.2) is 8.42 Å². The van der Waals surface area contributed by atoms with Crippen LogP contribution in [-0.4, -0.2) is 49.6 Å². The normalized spacial score (nSPS) is 17.1. The molecule has 0 amide bonds. The quantitative estimate of drug-likeness (QED) is 0.811. The van der Waals surface area contributed by atoms with Crippen LogP contribution in [-0.2, 0) is 10.0 Å². The Bertz CT molecular complexity index is 587. The largest absolute Gasteiger partial charge is 0.396 e. The molecule has 0 bridgehead atoms. The number of rotatable bonds is 3. The molecular weight excluding hydrogens is 266 g/mol. The number of nitrogens with two attached hydrogens (primary N) is 1. The van der Waals surface area contributed by atoms with E-state index in [1.54, 1.807) is 18.5 Å². The van der Waals surface area contributed by atoms with Crippen LogP contribution in [0, 0.1) is 11.3 Å². The molecular formula is C11H15N5O2S. The minimum Gasteiger partial charge on any atom is -0.396 e. The fraction of sp³-hybridized carbons (Fsp3) is 0.455. The summed E-state index contributed by atoms with van der Waals surface area (Å²) >= 11 is 0. The maximum atomic E-state index is 11.7. The zero-order chi connectivity index (χ0) is 13.9. The molecule has 1 fully saturated rings. The van der Waals surface area contributed by atoms with Crippen LogP contribution in [0.1, 0.15) is 0 Å². The van der Waals surface area contributed by atoms with E-state index in [9.17, 15) is 8.42 Å². The van der Waals surface area contributed by atoms with Crippen LogP contribution in [0.25, 0.3) is 0 Å². The molecule has 1 saturated heterocycles. The first-order valence-corrected chi connectivity index (χ1v) is 7.45. The van der Waals surface area contributed by atoms with Crippen molar-refractivity contribution in [3.05, 3.63) is 18.5 Å². The summed E-state index contributed by atoms with van der Waals surface area (Å²) in [6.45, 7) is 1.84. The minimum absolute atomic E-state index is 0.367. The molecule has 2 rings (SSSR count). The maximum absolute atomic E-state index is 11.7. The van der Waals surface area contributed by atoms with Crippen LogP contribution in [0.5, 0.6) is 0 Å². The van der Waals surface area contributed by atoms with Crippen molar-refractivity contribution in [1.82, 2.24) is 9.29 Å². The lowest BCUT2D eigenvalue weighted by atomic mass is 10.2. The van der Waals surface area contributed by atoms with Crippen LogP contribution in [0.4, 0.5) is 11.4 Å². The summed E-state index contributed by atoms with van der Waals surface area (Å²) in [5.74, 6) is -0.468. The third-order valence-corrected chi connectivity index (χ3v) is 4.69. The Morgan fingerprint density at radius 1 is 1.37 bits per heavy atom. The van der Waals surface area contributed by atoms with Crippen molar-refractivity contribution in [2.24, 2.45) is 0 Å². The molecule has 0 aliphatic carbocycles. The molecule has 102 valence electrons. The molecule has 0 spiro atoms. The van der Waals surface area contributed by atoms with Crippen LogP contribution in [0.15, 0.2) is 18.5 Å². The third kappa shape index (κ3) is 2.94. The maximum Gasteiger partial charge on any atom is 0.227 e. The first-order valence-electron chi connectivity index (χ1n) is 5.84. The Morgan fingerprint density at radius 3 is 2.63 bits per heavy atom. The van der Waals surface area contributed by atoms with E-state index in [-0.39, 0.29) is 0 Å².